The van der Waals surface area contributed by atoms with Gasteiger partial charge in [-0.15, -0.1) is 0 Å². The van der Waals surface area contributed by atoms with Crippen LogP contribution in [-0.2, 0) is 9.59 Å². The first-order valence-corrected chi connectivity index (χ1v) is 9.53. The van der Waals surface area contributed by atoms with Gasteiger partial charge in [0.15, 0.2) is 0 Å². The molecular weight excluding hydrogens is 389 g/mol. The molecule has 0 saturated carbocycles. The fourth-order valence-corrected chi connectivity index (χ4v) is 3.52. The van der Waals surface area contributed by atoms with E-state index in [-0.39, 0.29) is 16.9 Å². The number of carbonyl (C=O) groups excluding carboxylic acids is 2. The summed E-state index contributed by atoms with van der Waals surface area (Å²) in [5.41, 5.74) is 0.315. The number of aliphatic hydroxyl groups is 1. The van der Waals surface area contributed by atoms with Crippen LogP contribution < -0.4 is 4.74 Å². The van der Waals surface area contributed by atoms with Crippen molar-refractivity contribution in [3.8, 4) is 5.75 Å². The van der Waals surface area contributed by atoms with Gasteiger partial charge in [0.1, 0.15) is 23.4 Å². The van der Waals surface area contributed by atoms with Crippen molar-refractivity contribution in [1.29, 1.82) is 0 Å². The zero-order valence-corrected chi connectivity index (χ0v) is 17.1. The molecule has 1 aromatic heterocycles. The van der Waals surface area contributed by atoms with Gasteiger partial charge in [0.25, 0.3) is 11.7 Å². The fourth-order valence-electron chi connectivity index (χ4n) is 3.52. The molecule has 1 aliphatic heterocycles. The molecule has 0 unspecified atom stereocenters. The summed E-state index contributed by atoms with van der Waals surface area (Å²) in [4.78, 5) is 33.4. The average molecular weight is 413 g/mol. The molecule has 1 N–H and O–H groups in total. The van der Waals surface area contributed by atoms with E-state index >= 15 is 0 Å². The summed E-state index contributed by atoms with van der Waals surface area (Å²) in [6.07, 6.45) is 2.19. The van der Waals surface area contributed by atoms with Crippen molar-refractivity contribution in [2.75, 3.05) is 34.3 Å². The SMILES string of the molecule is COc1ccc(F)cc1C(O)=C1C(=O)C(=O)N(CCCN(C)C)[C@H]1c1ccccn1. The molecule has 1 atom stereocenters. The summed E-state index contributed by atoms with van der Waals surface area (Å²) in [6.45, 7) is 1.02. The van der Waals surface area contributed by atoms with Gasteiger partial charge in [-0.05, 0) is 57.4 Å². The number of hydrogen-bond donors (Lipinski definition) is 1. The van der Waals surface area contributed by atoms with Crippen LogP contribution in [0.4, 0.5) is 4.39 Å². The monoisotopic (exact) mass is 413 g/mol. The average Bonchev–Trinajstić information content (AvgIpc) is 2.98. The highest BCUT2D eigenvalue weighted by Crippen LogP contribution is 2.40. The van der Waals surface area contributed by atoms with E-state index in [1.807, 2.05) is 19.0 Å². The summed E-state index contributed by atoms with van der Waals surface area (Å²) in [5.74, 6) is -2.46. The van der Waals surface area contributed by atoms with Crippen molar-refractivity contribution >= 4 is 17.4 Å². The van der Waals surface area contributed by atoms with Gasteiger partial charge < -0.3 is 19.6 Å². The van der Waals surface area contributed by atoms with Crippen molar-refractivity contribution in [1.82, 2.24) is 14.8 Å². The number of aromatic nitrogens is 1. The highest BCUT2D eigenvalue weighted by Gasteiger charge is 2.46. The fraction of sp³-hybridized carbons (Fsp3) is 0.318. The Morgan fingerprint density at radius 1 is 1.27 bits per heavy atom. The summed E-state index contributed by atoms with van der Waals surface area (Å²) in [6, 6.07) is 7.89. The molecule has 158 valence electrons. The number of aliphatic hydroxyl groups excluding tert-OH is 1. The number of likely N-dealkylation sites (tertiary alicyclic amines) is 1. The maximum atomic E-state index is 13.9. The Kier molecular flexibility index (Phi) is 6.47. The Morgan fingerprint density at radius 2 is 2.03 bits per heavy atom. The van der Waals surface area contributed by atoms with Gasteiger partial charge in [-0.1, -0.05) is 6.07 Å². The lowest BCUT2D eigenvalue weighted by Gasteiger charge is -2.25. The summed E-state index contributed by atoms with van der Waals surface area (Å²) in [7, 11) is 5.21. The lowest BCUT2D eigenvalue weighted by atomic mass is 9.97. The zero-order valence-electron chi connectivity index (χ0n) is 17.1. The van der Waals surface area contributed by atoms with Crippen LogP contribution in [-0.4, -0.2) is 65.9 Å². The number of nitrogens with zero attached hydrogens (tertiary/aromatic N) is 3. The third-order valence-corrected chi connectivity index (χ3v) is 4.93. The summed E-state index contributed by atoms with van der Waals surface area (Å²) < 4.78 is 19.1. The molecule has 8 heteroatoms. The van der Waals surface area contributed by atoms with Crippen LogP contribution in [0, 0.1) is 5.82 Å². The van der Waals surface area contributed by atoms with Crippen LogP contribution >= 0.6 is 0 Å². The molecule has 7 nitrogen and oxygen atoms in total. The third-order valence-electron chi connectivity index (χ3n) is 4.93. The van der Waals surface area contributed by atoms with Gasteiger partial charge in [0.05, 0.1) is 23.9 Å². The van der Waals surface area contributed by atoms with E-state index in [4.69, 9.17) is 4.74 Å². The molecular formula is C22H24FN3O4. The van der Waals surface area contributed by atoms with Gasteiger partial charge in [-0.25, -0.2) is 4.39 Å². The molecule has 0 radical (unpaired) electrons. The second kappa shape index (κ2) is 9.04. The molecule has 0 aliphatic carbocycles. The van der Waals surface area contributed by atoms with E-state index in [1.54, 1.807) is 24.4 Å². The van der Waals surface area contributed by atoms with E-state index in [2.05, 4.69) is 4.98 Å². The van der Waals surface area contributed by atoms with Gasteiger partial charge in [0, 0.05) is 12.7 Å². The van der Waals surface area contributed by atoms with Crippen molar-refractivity contribution in [3.05, 3.63) is 65.2 Å². The standard InChI is InChI=1S/C22H24FN3O4/c1-25(2)11-6-12-26-19(16-7-4-5-10-24-16)18(21(28)22(26)29)20(27)15-13-14(23)8-9-17(15)30-3/h4-5,7-10,13,19,27H,6,11-12H2,1-3H3/t19-/m0/s1. The highest BCUT2D eigenvalue weighted by atomic mass is 19.1. The third kappa shape index (κ3) is 4.18. The van der Waals surface area contributed by atoms with Gasteiger partial charge in [0.2, 0.25) is 0 Å². The van der Waals surface area contributed by atoms with E-state index in [0.29, 0.717) is 18.7 Å². The molecule has 30 heavy (non-hydrogen) atoms. The lowest BCUT2D eigenvalue weighted by Crippen LogP contribution is -2.32. The predicted octanol–water partition coefficient (Wildman–Crippen LogP) is 2.60. The number of Topliss-reactive ketones (excluding diaryl/α,β-unsaturated/α-hetero) is 1. The Bertz CT molecular complexity index is 976. The van der Waals surface area contributed by atoms with Gasteiger partial charge in [-0.3, -0.25) is 14.6 Å². The highest BCUT2D eigenvalue weighted by molar-refractivity contribution is 6.46. The summed E-state index contributed by atoms with van der Waals surface area (Å²) >= 11 is 0. The van der Waals surface area contributed by atoms with Crippen molar-refractivity contribution in [2.45, 2.75) is 12.5 Å². The number of ether oxygens (including phenoxy) is 1. The minimum absolute atomic E-state index is 0.00437. The molecule has 2 aromatic rings. The number of amides is 1. The largest absolute Gasteiger partial charge is 0.507 e. The van der Waals surface area contributed by atoms with E-state index < -0.39 is 29.3 Å². The number of rotatable bonds is 7. The van der Waals surface area contributed by atoms with E-state index in [9.17, 15) is 19.1 Å². The molecule has 3 rings (SSSR count). The molecule has 1 saturated heterocycles. The van der Waals surface area contributed by atoms with Crippen molar-refractivity contribution < 1.29 is 23.8 Å². The number of halogens is 1. The van der Waals surface area contributed by atoms with Crippen LogP contribution in [0.2, 0.25) is 0 Å². The first-order chi connectivity index (χ1) is 14.3. The first-order valence-electron chi connectivity index (χ1n) is 9.53. The molecule has 2 heterocycles. The second-order valence-corrected chi connectivity index (χ2v) is 7.25. The second-order valence-electron chi connectivity index (χ2n) is 7.25. The molecule has 1 fully saturated rings. The molecule has 1 aromatic carbocycles. The van der Waals surface area contributed by atoms with Crippen LogP contribution in [0.25, 0.3) is 5.76 Å². The number of ketones is 1. The predicted molar refractivity (Wildman–Crippen MR) is 109 cm³/mol. The normalized spacial score (nSPS) is 18.3. The van der Waals surface area contributed by atoms with Gasteiger partial charge >= 0.3 is 0 Å². The number of carbonyl (C=O) groups is 2. The van der Waals surface area contributed by atoms with Crippen molar-refractivity contribution in [2.24, 2.45) is 0 Å². The van der Waals surface area contributed by atoms with Crippen LogP contribution in [0.5, 0.6) is 5.75 Å². The van der Waals surface area contributed by atoms with Crippen LogP contribution in [0.1, 0.15) is 23.7 Å². The maximum Gasteiger partial charge on any atom is 0.295 e. The number of hydrogen-bond acceptors (Lipinski definition) is 6. The van der Waals surface area contributed by atoms with Crippen LogP contribution in [0.15, 0.2) is 48.2 Å². The number of pyridine rings is 1. The number of methoxy groups -OCH3 is 1. The Morgan fingerprint density at radius 3 is 2.67 bits per heavy atom. The molecule has 0 spiro atoms. The quantitative estimate of drug-likeness (QED) is 0.427. The van der Waals surface area contributed by atoms with Crippen molar-refractivity contribution in [3.63, 3.8) is 0 Å². The first kappa shape index (κ1) is 21.4. The van der Waals surface area contributed by atoms with E-state index in [1.165, 1.54) is 24.1 Å². The molecule has 1 aliphatic rings. The van der Waals surface area contributed by atoms with Gasteiger partial charge in [-0.2, -0.15) is 0 Å². The Balaban J connectivity index is 2.13. The lowest BCUT2D eigenvalue weighted by molar-refractivity contribution is -0.140. The Hall–Kier alpha value is -3.26. The minimum atomic E-state index is -0.874. The Labute approximate surface area is 174 Å². The smallest absolute Gasteiger partial charge is 0.295 e. The molecule has 1 amide bonds. The summed E-state index contributed by atoms with van der Waals surface area (Å²) in [5, 5.41) is 11.0. The van der Waals surface area contributed by atoms with E-state index in [0.717, 1.165) is 12.6 Å². The maximum absolute atomic E-state index is 13.9. The molecule has 0 bridgehead atoms. The minimum Gasteiger partial charge on any atom is -0.507 e. The topological polar surface area (TPSA) is 83.0 Å². The zero-order chi connectivity index (χ0) is 21.8. The number of benzene rings is 1. The van der Waals surface area contributed by atoms with Crippen LogP contribution in [0.3, 0.4) is 0 Å².